The average molecular weight is 286 g/mol. The molecular weight excluding hydrogens is 273 g/mol. The summed E-state index contributed by atoms with van der Waals surface area (Å²) < 4.78 is 5.55. The number of imidazole rings is 1. The molecule has 0 aliphatic carbocycles. The number of hydrogen-bond acceptors (Lipinski definition) is 3. The molecular formula is C12H13Cl2N3O. The summed E-state index contributed by atoms with van der Waals surface area (Å²) in [5.74, 6) is 1.42. The van der Waals surface area contributed by atoms with Gasteiger partial charge in [0.15, 0.2) is 5.95 Å². The second-order valence-corrected chi connectivity index (χ2v) is 4.48. The minimum Gasteiger partial charge on any atom is -0.492 e. The van der Waals surface area contributed by atoms with Gasteiger partial charge in [0, 0.05) is 24.0 Å². The van der Waals surface area contributed by atoms with Gasteiger partial charge in [0.05, 0.1) is 11.6 Å². The van der Waals surface area contributed by atoms with E-state index in [9.17, 15) is 0 Å². The molecule has 0 aliphatic heterocycles. The van der Waals surface area contributed by atoms with Crippen molar-refractivity contribution < 1.29 is 4.74 Å². The van der Waals surface area contributed by atoms with Gasteiger partial charge < -0.3 is 15.0 Å². The highest BCUT2D eigenvalue weighted by atomic mass is 35.5. The van der Waals surface area contributed by atoms with Gasteiger partial charge in [-0.3, -0.25) is 0 Å². The highest BCUT2D eigenvalue weighted by Crippen LogP contribution is 2.27. The van der Waals surface area contributed by atoms with Gasteiger partial charge in [0.2, 0.25) is 0 Å². The van der Waals surface area contributed by atoms with Crippen LogP contribution in [0.1, 0.15) is 6.42 Å². The number of H-pyrrole nitrogens is 1. The van der Waals surface area contributed by atoms with E-state index in [1.54, 1.807) is 30.6 Å². The van der Waals surface area contributed by atoms with Gasteiger partial charge in [-0.05, 0) is 24.6 Å². The molecule has 0 radical (unpaired) electrons. The van der Waals surface area contributed by atoms with E-state index in [0.29, 0.717) is 22.4 Å². The molecule has 0 atom stereocenters. The molecule has 0 saturated carbocycles. The lowest BCUT2D eigenvalue weighted by molar-refractivity contribution is 0.315. The molecule has 0 amide bonds. The van der Waals surface area contributed by atoms with Crippen molar-refractivity contribution in [3.05, 3.63) is 40.6 Å². The van der Waals surface area contributed by atoms with Crippen molar-refractivity contribution in [2.75, 3.05) is 18.5 Å². The van der Waals surface area contributed by atoms with Gasteiger partial charge in [0.25, 0.3) is 0 Å². The quantitative estimate of drug-likeness (QED) is 0.798. The Hall–Kier alpha value is -1.39. The Balaban J connectivity index is 1.69. The van der Waals surface area contributed by atoms with Crippen LogP contribution in [0, 0.1) is 0 Å². The molecule has 0 bridgehead atoms. The predicted octanol–water partition coefficient (Wildman–Crippen LogP) is 3.60. The molecule has 2 rings (SSSR count). The Morgan fingerprint density at radius 2 is 2.22 bits per heavy atom. The summed E-state index contributed by atoms with van der Waals surface area (Å²) in [6.07, 6.45) is 4.32. The molecule has 0 spiro atoms. The Morgan fingerprint density at radius 3 is 2.94 bits per heavy atom. The zero-order valence-electron chi connectivity index (χ0n) is 9.62. The molecule has 18 heavy (non-hydrogen) atoms. The van der Waals surface area contributed by atoms with Gasteiger partial charge in [-0.1, -0.05) is 23.2 Å². The summed E-state index contributed by atoms with van der Waals surface area (Å²) >= 11 is 11.8. The summed E-state index contributed by atoms with van der Waals surface area (Å²) in [5, 5.41) is 4.27. The molecule has 1 aromatic carbocycles. The summed E-state index contributed by atoms with van der Waals surface area (Å²) in [4.78, 5) is 7.01. The third-order valence-corrected chi connectivity index (χ3v) is 2.79. The fraction of sp³-hybridized carbons (Fsp3) is 0.250. The smallest absolute Gasteiger partial charge is 0.200 e. The lowest BCUT2D eigenvalue weighted by Crippen LogP contribution is -2.08. The van der Waals surface area contributed by atoms with Gasteiger partial charge in [-0.2, -0.15) is 0 Å². The Bertz CT molecular complexity index is 488. The highest BCUT2D eigenvalue weighted by Gasteiger charge is 2.01. The number of anilines is 1. The van der Waals surface area contributed by atoms with Crippen molar-refractivity contribution in [1.29, 1.82) is 0 Å². The monoisotopic (exact) mass is 285 g/mol. The lowest BCUT2D eigenvalue weighted by atomic mass is 10.3. The summed E-state index contributed by atoms with van der Waals surface area (Å²) in [6, 6.07) is 5.19. The molecule has 96 valence electrons. The third-order valence-electron chi connectivity index (χ3n) is 2.26. The van der Waals surface area contributed by atoms with E-state index >= 15 is 0 Å². The topological polar surface area (TPSA) is 49.9 Å². The van der Waals surface area contributed by atoms with E-state index in [-0.39, 0.29) is 0 Å². The first kappa shape index (κ1) is 13.1. The molecule has 0 saturated heterocycles. The number of aromatic amines is 1. The third kappa shape index (κ3) is 3.82. The van der Waals surface area contributed by atoms with Crippen molar-refractivity contribution in [2.45, 2.75) is 6.42 Å². The van der Waals surface area contributed by atoms with Gasteiger partial charge in [0.1, 0.15) is 5.75 Å². The first-order chi connectivity index (χ1) is 8.75. The van der Waals surface area contributed by atoms with Crippen LogP contribution in [0.3, 0.4) is 0 Å². The SMILES string of the molecule is Clc1ccc(OCCCNc2ncc[nH]2)c(Cl)c1. The van der Waals surface area contributed by atoms with Crippen molar-refractivity contribution >= 4 is 29.2 Å². The predicted molar refractivity (Wildman–Crippen MR) is 73.7 cm³/mol. The molecule has 2 N–H and O–H groups in total. The van der Waals surface area contributed by atoms with Crippen LogP contribution in [-0.4, -0.2) is 23.1 Å². The first-order valence-corrected chi connectivity index (χ1v) is 6.32. The molecule has 4 nitrogen and oxygen atoms in total. The number of halogens is 2. The molecule has 2 aromatic rings. The van der Waals surface area contributed by atoms with Crippen LogP contribution < -0.4 is 10.1 Å². The number of nitrogens with one attached hydrogen (secondary N) is 2. The number of rotatable bonds is 6. The molecule has 0 unspecified atom stereocenters. The standard InChI is InChI=1S/C12H13Cl2N3O/c13-9-2-3-11(10(14)8-9)18-7-1-4-15-12-16-5-6-17-12/h2-3,5-6,8H,1,4,7H2,(H2,15,16,17). The number of hydrogen-bond donors (Lipinski definition) is 2. The summed E-state index contributed by atoms with van der Waals surface area (Å²) in [5.41, 5.74) is 0. The van der Waals surface area contributed by atoms with Crippen LogP contribution in [0.4, 0.5) is 5.95 Å². The van der Waals surface area contributed by atoms with E-state index < -0.39 is 0 Å². The van der Waals surface area contributed by atoms with Gasteiger partial charge >= 0.3 is 0 Å². The summed E-state index contributed by atoms with van der Waals surface area (Å²) in [6.45, 7) is 1.35. The normalized spacial score (nSPS) is 10.3. The van der Waals surface area contributed by atoms with E-state index in [1.165, 1.54) is 0 Å². The number of aromatic nitrogens is 2. The maximum absolute atomic E-state index is 5.98. The number of benzene rings is 1. The van der Waals surface area contributed by atoms with E-state index in [2.05, 4.69) is 15.3 Å². The van der Waals surface area contributed by atoms with E-state index in [0.717, 1.165) is 18.9 Å². The number of ether oxygens (including phenoxy) is 1. The lowest BCUT2D eigenvalue weighted by Gasteiger charge is -2.08. The van der Waals surface area contributed by atoms with Crippen LogP contribution >= 0.6 is 23.2 Å². The van der Waals surface area contributed by atoms with Crippen molar-refractivity contribution in [1.82, 2.24) is 9.97 Å². The first-order valence-electron chi connectivity index (χ1n) is 5.57. The van der Waals surface area contributed by atoms with Crippen LogP contribution in [-0.2, 0) is 0 Å². The van der Waals surface area contributed by atoms with E-state index in [1.807, 2.05) is 0 Å². The zero-order valence-corrected chi connectivity index (χ0v) is 11.1. The average Bonchev–Trinajstić information content (AvgIpc) is 2.84. The minimum atomic E-state index is 0.529. The van der Waals surface area contributed by atoms with Crippen molar-refractivity contribution in [3.8, 4) is 5.75 Å². The highest BCUT2D eigenvalue weighted by molar-refractivity contribution is 6.35. The van der Waals surface area contributed by atoms with Crippen molar-refractivity contribution in [2.24, 2.45) is 0 Å². The molecule has 0 aliphatic rings. The number of nitrogens with zero attached hydrogens (tertiary/aromatic N) is 1. The maximum atomic E-state index is 5.98. The fourth-order valence-corrected chi connectivity index (χ4v) is 1.88. The maximum Gasteiger partial charge on any atom is 0.200 e. The van der Waals surface area contributed by atoms with Crippen molar-refractivity contribution in [3.63, 3.8) is 0 Å². The molecule has 6 heteroatoms. The van der Waals surface area contributed by atoms with Gasteiger partial charge in [-0.15, -0.1) is 0 Å². The largest absolute Gasteiger partial charge is 0.492 e. The molecule has 0 fully saturated rings. The van der Waals surface area contributed by atoms with Crippen LogP contribution in [0.25, 0.3) is 0 Å². The second-order valence-electron chi connectivity index (χ2n) is 3.64. The van der Waals surface area contributed by atoms with E-state index in [4.69, 9.17) is 27.9 Å². The zero-order chi connectivity index (χ0) is 12.8. The Labute approximate surface area is 115 Å². The Morgan fingerprint density at radius 1 is 1.33 bits per heavy atom. The van der Waals surface area contributed by atoms with Crippen LogP contribution in [0.15, 0.2) is 30.6 Å². The summed E-state index contributed by atoms with van der Waals surface area (Å²) in [7, 11) is 0. The van der Waals surface area contributed by atoms with Crippen LogP contribution in [0.5, 0.6) is 5.75 Å². The molecule has 1 aromatic heterocycles. The second kappa shape index (κ2) is 6.52. The Kier molecular flexibility index (Phi) is 4.73. The minimum absolute atomic E-state index is 0.529. The van der Waals surface area contributed by atoms with Crippen LogP contribution in [0.2, 0.25) is 10.0 Å². The fourth-order valence-electron chi connectivity index (χ4n) is 1.42. The van der Waals surface area contributed by atoms with Gasteiger partial charge in [-0.25, -0.2) is 4.98 Å². The molecule has 1 heterocycles.